The van der Waals surface area contributed by atoms with Gasteiger partial charge < -0.3 is 9.47 Å². The fourth-order valence-electron chi connectivity index (χ4n) is 2.67. The second-order valence-corrected chi connectivity index (χ2v) is 5.32. The average Bonchev–Trinajstić information content (AvgIpc) is 2.48. The second-order valence-electron chi connectivity index (χ2n) is 5.32. The summed E-state index contributed by atoms with van der Waals surface area (Å²) in [5.74, 6) is 1.29. The van der Waals surface area contributed by atoms with E-state index >= 15 is 0 Å². The Kier molecular flexibility index (Phi) is 4.20. The van der Waals surface area contributed by atoms with Gasteiger partial charge in [-0.3, -0.25) is 9.78 Å². The van der Waals surface area contributed by atoms with Gasteiger partial charge >= 0.3 is 0 Å². The van der Waals surface area contributed by atoms with Crippen molar-refractivity contribution in [3.8, 4) is 5.75 Å². The maximum absolute atomic E-state index is 12.7. The van der Waals surface area contributed by atoms with Crippen molar-refractivity contribution < 1.29 is 14.3 Å². The molecule has 19 heavy (non-hydrogen) atoms. The van der Waals surface area contributed by atoms with Crippen LogP contribution in [0.3, 0.4) is 0 Å². The Bertz CT molecular complexity index is 450. The molecule has 1 fully saturated rings. The van der Waals surface area contributed by atoms with Gasteiger partial charge in [0.25, 0.3) is 0 Å². The van der Waals surface area contributed by atoms with Crippen molar-refractivity contribution in [2.24, 2.45) is 5.92 Å². The minimum atomic E-state index is -0.680. The Hall–Kier alpha value is -1.42. The Morgan fingerprint density at radius 2 is 2.00 bits per heavy atom. The molecule has 1 aromatic rings. The molecule has 0 bridgehead atoms. The first-order valence-corrected chi connectivity index (χ1v) is 6.70. The summed E-state index contributed by atoms with van der Waals surface area (Å²) in [6.45, 7) is 2.22. The van der Waals surface area contributed by atoms with Gasteiger partial charge in [-0.15, -0.1) is 0 Å². The summed E-state index contributed by atoms with van der Waals surface area (Å²) < 4.78 is 10.7. The predicted molar refractivity (Wildman–Crippen MR) is 72.5 cm³/mol. The summed E-state index contributed by atoms with van der Waals surface area (Å²) in [6, 6.07) is 1.73. The second kappa shape index (κ2) is 5.70. The molecule has 0 aromatic carbocycles. The quantitative estimate of drug-likeness (QED) is 0.784. The van der Waals surface area contributed by atoms with Crippen LogP contribution >= 0.6 is 0 Å². The molecule has 1 saturated carbocycles. The van der Waals surface area contributed by atoms with Crippen LogP contribution in [0.1, 0.15) is 43.0 Å². The minimum absolute atomic E-state index is 0.0216. The van der Waals surface area contributed by atoms with Gasteiger partial charge in [-0.1, -0.05) is 6.92 Å². The summed E-state index contributed by atoms with van der Waals surface area (Å²) in [4.78, 5) is 16.8. The lowest BCUT2D eigenvalue weighted by molar-refractivity contribution is -0.0263. The number of ether oxygens (including phenoxy) is 2. The SMILES string of the molecule is COc1cncc(C(=O)C2(OC)CCC(C)CC2)c1. The molecule has 0 saturated heterocycles. The maximum atomic E-state index is 12.7. The van der Waals surface area contributed by atoms with E-state index in [1.165, 1.54) is 0 Å². The molecule has 4 nitrogen and oxygen atoms in total. The monoisotopic (exact) mass is 263 g/mol. The van der Waals surface area contributed by atoms with Crippen LogP contribution in [0.4, 0.5) is 0 Å². The number of nitrogens with zero attached hydrogens (tertiary/aromatic N) is 1. The Morgan fingerprint density at radius 1 is 1.32 bits per heavy atom. The van der Waals surface area contributed by atoms with Gasteiger partial charge in [0.15, 0.2) is 5.78 Å². The van der Waals surface area contributed by atoms with Gasteiger partial charge in [0.05, 0.1) is 13.3 Å². The van der Waals surface area contributed by atoms with E-state index in [9.17, 15) is 4.79 Å². The third kappa shape index (κ3) is 2.78. The zero-order chi connectivity index (χ0) is 13.9. The molecule has 1 aliphatic rings. The van der Waals surface area contributed by atoms with Crippen molar-refractivity contribution in [1.82, 2.24) is 4.98 Å². The van der Waals surface area contributed by atoms with Crippen molar-refractivity contribution >= 4 is 5.78 Å². The number of hydrogen-bond acceptors (Lipinski definition) is 4. The zero-order valence-corrected chi connectivity index (χ0v) is 11.8. The van der Waals surface area contributed by atoms with Gasteiger partial charge in [0.1, 0.15) is 11.4 Å². The van der Waals surface area contributed by atoms with Crippen molar-refractivity contribution in [3.05, 3.63) is 24.0 Å². The molecule has 1 aromatic heterocycles. The molecule has 0 unspecified atom stereocenters. The van der Waals surface area contributed by atoms with Crippen LogP contribution in [0.15, 0.2) is 18.5 Å². The molecule has 0 atom stereocenters. The van der Waals surface area contributed by atoms with E-state index in [1.807, 2.05) is 0 Å². The van der Waals surface area contributed by atoms with Gasteiger partial charge in [0.2, 0.25) is 0 Å². The topological polar surface area (TPSA) is 48.4 Å². The molecule has 0 aliphatic heterocycles. The fraction of sp³-hybridized carbons (Fsp3) is 0.600. The molecule has 0 N–H and O–H groups in total. The summed E-state index contributed by atoms with van der Waals surface area (Å²) in [5.41, 5.74) is -0.114. The normalized spacial score (nSPS) is 27.0. The molecule has 4 heteroatoms. The van der Waals surface area contributed by atoms with Crippen LogP contribution in [0, 0.1) is 5.92 Å². The zero-order valence-electron chi connectivity index (χ0n) is 11.8. The molecular formula is C15H21NO3. The van der Waals surface area contributed by atoms with E-state index < -0.39 is 5.60 Å². The molecule has 0 spiro atoms. The number of pyridine rings is 1. The van der Waals surface area contributed by atoms with E-state index in [-0.39, 0.29) is 5.78 Å². The van der Waals surface area contributed by atoms with Crippen LogP contribution in [-0.2, 0) is 4.74 Å². The number of aromatic nitrogens is 1. The molecule has 1 aliphatic carbocycles. The number of carbonyl (C=O) groups is 1. The van der Waals surface area contributed by atoms with Crippen LogP contribution in [0.25, 0.3) is 0 Å². The maximum Gasteiger partial charge on any atom is 0.196 e. The lowest BCUT2D eigenvalue weighted by atomic mass is 9.75. The van der Waals surface area contributed by atoms with Gasteiger partial charge in [-0.25, -0.2) is 0 Å². The smallest absolute Gasteiger partial charge is 0.196 e. The van der Waals surface area contributed by atoms with Crippen LogP contribution in [0.5, 0.6) is 5.75 Å². The van der Waals surface area contributed by atoms with E-state index in [0.29, 0.717) is 17.2 Å². The van der Waals surface area contributed by atoms with Crippen LogP contribution < -0.4 is 4.74 Å². The number of ketones is 1. The van der Waals surface area contributed by atoms with Gasteiger partial charge in [-0.2, -0.15) is 0 Å². The average molecular weight is 263 g/mol. The van der Waals surface area contributed by atoms with E-state index in [4.69, 9.17) is 9.47 Å². The van der Waals surface area contributed by atoms with E-state index in [1.54, 1.807) is 32.7 Å². The first-order chi connectivity index (χ1) is 9.11. The standard InChI is InChI=1S/C15H21NO3/c1-11-4-6-15(19-3,7-5-11)14(17)12-8-13(18-2)10-16-9-12/h8-11H,4-7H2,1-3H3. The lowest BCUT2D eigenvalue weighted by Crippen LogP contribution is -2.43. The number of carbonyl (C=O) groups excluding carboxylic acids is 1. The highest BCUT2D eigenvalue weighted by Gasteiger charge is 2.41. The Labute approximate surface area is 114 Å². The number of methoxy groups -OCH3 is 2. The third-order valence-electron chi connectivity index (χ3n) is 4.10. The summed E-state index contributed by atoms with van der Waals surface area (Å²) in [5, 5.41) is 0. The number of rotatable bonds is 4. The highest BCUT2D eigenvalue weighted by atomic mass is 16.5. The predicted octanol–water partition coefficient (Wildman–Crippen LogP) is 2.87. The van der Waals surface area contributed by atoms with Crippen LogP contribution in [-0.4, -0.2) is 30.6 Å². The third-order valence-corrected chi connectivity index (χ3v) is 4.10. The van der Waals surface area contributed by atoms with Crippen LogP contribution in [0.2, 0.25) is 0 Å². The highest BCUT2D eigenvalue weighted by molar-refractivity contribution is 6.02. The van der Waals surface area contributed by atoms with Crippen molar-refractivity contribution in [1.29, 1.82) is 0 Å². The molecule has 1 heterocycles. The van der Waals surface area contributed by atoms with Crippen molar-refractivity contribution in [2.45, 2.75) is 38.2 Å². The first kappa shape index (κ1) is 14.0. The van der Waals surface area contributed by atoms with Gasteiger partial charge in [-0.05, 0) is 37.7 Å². The minimum Gasteiger partial charge on any atom is -0.495 e. The summed E-state index contributed by atoms with van der Waals surface area (Å²) >= 11 is 0. The largest absolute Gasteiger partial charge is 0.495 e. The fourth-order valence-corrected chi connectivity index (χ4v) is 2.67. The molecule has 0 amide bonds. The van der Waals surface area contributed by atoms with Crippen molar-refractivity contribution in [3.63, 3.8) is 0 Å². The van der Waals surface area contributed by atoms with Gasteiger partial charge in [0, 0.05) is 18.9 Å². The van der Waals surface area contributed by atoms with E-state index in [0.717, 1.165) is 25.7 Å². The molecule has 104 valence electrons. The molecule has 0 radical (unpaired) electrons. The van der Waals surface area contributed by atoms with Crippen molar-refractivity contribution in [2.75, 3.05) is 14.2 Å². The lowest BCUT2D eigenvalue weighted by Gasteiger charge is -2.36. The number of hydrogen-bond donors (Lipinski definition) is 0. The Balaban J connectivity index is 2.25. The summed E-state index contributed by atoms with van der Waals surface area (Å²) in [6.07, 6.45) is 6.79. The summed E-state index contributed by atoms with van der Waals surface area (Å²) in [7, 11) is 3.20. The Morgan fingerprint density at radius 3 is 2.58 bits per heavy atom. The highest BCUT2D eigenvalue weighted by Crippen LogP contribution is 2.37. The first-order valence-electron chi connectivity index (χ1n) is 6.70. The molecular weight excluding hydrogens is 242 g/mol. The van der Waals surface area contributed by atoms with E-state index in [2.05, 4.69) is 11.9 Å². The number of Topliss-reactive ketones (excluding diaryl/α,β-unsaturated/α-hetero) is 1. The molecule has 2 rings (SSSR count).